The second-order valence-electron chi connectivity index (χ2n) is 8.68. The highest BCUT2D eigenvalue weighted by molar-refractivity contribution is 8.01. The van der Waals surface area contributed by atoms with Crippen molar-refractivity contribution in [1.82, 2.24) is 15.5 Å². The number of hydrogen-bond donors (Lipinski definition) is 2. The molecule has 0 spiro atoms. The van der Waals surface area contributed by atoms with Crippen molar-refractivity contribution in [2.24, 2.45) is 0 Å². The highest BCUT2D eigenvalue weighted by Gasteiger charge is 2.38. The van der Waals surface area contributed by atoms with E-state index in [1.54, 1.807) is 0 Å². The summed E-state index contributed by atoms with van der Waals surface area (Å²) < 4.78 is 16.0. The Morgan fingerprint density at radius 3 is 2.55 bits per heavy atom. The molecule has 0 saturated carbocycles. The molecular formula is C24H34N4O9S. The summed E-state index contributed by atoms with van der Waals surface area (Å²) in [6.07, 6.45) is -1.08. The fourth-order valence-corrected chi connectivity index (χ4v) is 4.88. The third-order valence-corrected chi connectivity index (χ3v) is 6.78. The quantitative estimate of drug-likeness (QED) is 0.151. The summed E-state index contributed by atoms with van der Waals surface area (Å²) >= 11 is 1.46. The number of nitro benzene ring substituents is 1. The number of alkyl carbamates (subject to hydrolysis) is 1. The monoisotopic (exact) mass is 554 g/mol. The molecule has 13 nitrogen and oxygen atoms in total. The van der Waals surface area contributed by atoms with Crippen LogP contribution in [0.2, 0.25) is 0 Å². The average Bonchev–Trinajstić information content (AvgIpc) is 3.12. The van der Waals surface area contributed by atoms with E-state index in [0.717, 1.165) is 0 Å². The van der Waals surface area contributed by atoms with E-state index in [-0.39, 0.29) is 83.5 Å². The van der Waals surface area contributed by atoms with Crippen LogP contribution in [0.15, 0.2) is 12.1 Å². The molecule has 4 amide bonds. The number of benzene rings is 1. The topological polar surface area (TPSA) is 166 Å². The van der Waals surface area contributed by atoms with Crippen molar-refractivity contribution >= 4 is 41.3 Å². The Morgan fingerprint density at radius 1 is 1.24 bits per heavy atom. The number of rotatable bonds is 14. The Labute approximate surface area is 225 Å². The lowest BCUT2D eigenvalue weighted by atomic mass is 10.1. The fraction of sp³-hybridized carbons (Fsp3) is 0.583. The standard InChI is InChI=1S/C24H34N4O9S/c1-14(2)38-20-13-22(30)27(23(20)31)9-8-26-21(29)7-6-10-36-19-12-17(28(33)34)16(11-18(19)35-5)15(3)37-24(32)25-4/h11-12,14-15,20H,6-10,13H2,1-5H3,(H,25,32)(H,26,29). The number of nitrogens with one attached hydrogen (secondary N) is 2. The van der Waals surface area contributed by atoms with Crippen LogP contribution in [0.25, 0.3) is 0 Å². The van der Waals surface area contributed by atoms with Crippen molar-refractivity contribution in [2.75, 3.05) is 33.9 Å². The Morgan fingerprint density at radius 2 is 1.95 bits per heavy atom. The Bertz CT molecular complexity index is 1050. The van der Waals surface area contributed by atoms with E-state index in [2.05, 4.69) is 10.6 Å². The minimum atomic E-state index is -0.923. The zero-order chi connectivity index (χ0) is 28.4. The predicted molar refractivity (Wildman–Crippen MR) is 139 cm³/mol. The number of methoxy groups -OCH3 is 1. The van der Waals surface area contributed by atoms with Gasteiger partial charge in [0.1, 0.15) is 6.10 Å². The van der Waals surface area contributed by atoms with E-state index in [0.29, 0.717) is 6.42 Å². The first-order valence-corrected chi connectivity index (χ1v) is 13.1. The molecule has 0 aliphatic carbocycles. The molecule has 1 aliphatic rings. The van der Waals surface area contributed by atoms with E-state index < -0.39 is 17.1 Å². The lowest BCUT2D eigenvalue weighted by Gasteiger charge is -2.17. The first-order chi connectivity index (χ1) is 18.0. The van der Waals surface area contributed by atoms with Crippen LogP contribution < -0.4 is 20.1 Å². The van der Waals surface area contributed by atoms with E-state index in [4.69, 9.17) is 14.2 Å². The summed E-state index contributed by atoms with van der Waals surface area (Å²) in [7, 11) is 2.74. The second kappa shape index (κ2) is 14.4. The molecule has 2 atom stereocenters. The normalized spacial score (nSPS) is 15.8. The zero-order valence-corrected chi connectivity index (χ0v) is 22.9. The first kappa shape index (κ1) is 30.7. The number of hydrogen-bond acceptors (Lipinski definition) is 10. The fourth-order valence-electron chi connectivity index (χ4n) is 3.74. The molecule has 2 rings (SSSR count). The molecule has 210 valence electrons. The van der Waals surface area contributed by atoms with E-state index in [1.165, 1.54) is 49.9 Å². The van der Waals surface area contributed by atoms with Crippen molar-refractivity contribution in [3.63, 3.8) is 0 Å². The number of likely N-dealkylation sites (tertiary alicyclic amines) is 1. The third-order valence-electron chi connectivity index (χ3n) is 5.54. The predicted octanol–water partition coefficient (Wildman–Crippen LogP) is 2.56. The van der Waals surface area contributed by atoms with Crippen LogP contribution in [0.5, 0.6) is 11.5 Å². The molecule has 1 aliphatic heterocycles. The van der Waals surface area contributed by atoms with Crippen molar-refractivity contribution in [3.8, 4) is 11.5 Å². The molecule has 0 aromatic heterocycles. The molecule has 0 radical (unpaired) electrons. The van der Waals surface area contributed by atoms with Crippen LogP contribution >= 0.6 is 11.8 Å². The van der Waals surface area contributed by atoms with Gasteiger partial charge >= 0.3 is 6.09 Å². The number of carbonyl (C=O) groups excluding carboxylic acids is 4. The maximum atomic E-state index is 12.4. The van der Waals surface area contributed by atoms with Gasteiger partial charge in [0.2, 0.25) is 17.7 Å². The number of imide groups is 1. The highest BCUT2D eigenvalue weighted by atomic mass is 32.2. The summed E-state index contributed by atoms with van der Waals surface area (Å²) in [4.78, 5) is 60.4. The number of amides is 4. The summed E-state index contributed by atoms with van der Waals surface area (Å²) in [5.41, 5.74) is -0.179. The summed E-state index contributed by atoms with van der Waals surface area (Å²) in [6, 6.07) is 2.56. The molecule has 0 bridgehead atoms. The van der Waals surface area contributed by atoms with Crippen molar-refractivity contribution in [1.29, 1.82) is 0 Å². The third kappa shape index (κ3) is 8.50. The van der Waals surface area contributed by atoms with Crippen molar-refractivity contribution in [2.45, 2.75) is 56.6 Å². The van der Waals surface area contributed by atoms with Gasteiger partial charge < -0.3 is 24.8 Å². The second-order valence-corrected chi connectivity index (χ2v) is 10.5. The van der Waals surface area contributed by atoms with Gasteiger partial charge in [-0.05, 0) is 24.7 Å². The van der Waals surface area contributed by atoms with Crippen molar-refractivity contribution in [3.05, 3.63) is 27.8 Å². The lowest BCUT2D eigenvalue weighted by molar-refractivity contribution is -0.386. The average molecular weight is 555 g/mol. The number of nitro groups is 1. The van der Waals surface area contributed by atoms with Gasteiger partial charge in [-0.2, -0.15) is 0 Å². The van der Waals surface area contributed by atoms with Crippen LogP contribution in [0.1, 0.15) is 51.7 Å². The molecule has 1 fully saturated rings. The zero-order valence-electron chi connectivity index (χ0n) is 22.1. The summed E-state index contributed by atoms with van der Waals surface area (Å²) in [5.74, 6) is -0.430. The summed E-state index contributed by atoms with van der Waals surface area (Å²) in [5, 5.41) is 16.4. The number of ether oxygens (including phenoxy) is 3. The minimum Gasteiger partial charge on any atom is -0.493 e. The van der Waals surface area contributed by atoms with Crippen LogP contribution in [-0.4, -0.2) is 78.0 Å². The Balaban J connectivity index is 1.86. The van der Waals surface area contributed by atoms with Crippen molar-refractivity contribution < 1.29 is 38.3 Å². The van der Waals surface area contributed by atoms with Gasteiger partial charge in [-0.1, -0.05) is 13.8 Å². The lowest BCUT2D eigenvalue weighted by Crippen LogP contribution is -2.39. The maximum absolute atomic E-state index is 12.4. The largest absolute Gasteiger partial charge is 0.493 e. The number of carbonyl (C=O) groups is 4. The molecule has 1 heterocycles. The first-order valence-electron chi connectivity index (χ1n) is 12.1. The Hall–Kier alpha value is -3.55. The SMILES string of the molecule is CNC(=O)OC(C)c1cc(OC)c(OCCCC(=O)NCCN2C(=O)CC(SC(C)C)C2=O)cc1[N+](=O)[O-]. The minimum absolute atomic E-state index is 0.0712. The Kier molecular flexibility index (Phi) is 11.6. The van der Waals surface area contributed by atoms with E-state index in [9.17, 15) is 29.3 Å². The van der Waals surface area contributed by atoms with Crippen LogP contribution in [0.4, 0.5) is 10.5 Å². The molecule has 1 aromatic rings. The van der Waals surface area contributed by atoms with Gasteiger partial charge in [0, 0.05) is 33.0 Å². The maximum Gasteiger partial charge on any atom is 0.407 e. The van der Waals surface area contributed by atoms with Crippen LogP contribution in [0.3, 0.4) is 0 Å². The number of thioether (sulfide) groups is 1. The van der Waals surface area contributed by atoms with Gasteiger partial charge in [-0.3, -0.25) is 29.4 Å². The molecule has 38 heavy (non-hydrogen) atoms. The van der Waals surface area contributed by atoms with Crippen LogP contribution in [-0.2, 0) is 19.1 Å². The number of nitrogens with zero attached hydrogens (tertiary/aromatic N) is 2. The molecule has 14 heteroatoms. The van der Waals surface area contributed by atoms with E-state index in [1.807, 2.05) is 13.8 Å². The van der Waals surface area contributed by atoms with Gasteiger partial charge in [-0.15, -0.1) is 11.8 Å². The van der Waals surface area contributed by atoms with Gasteiger partial charge in [0.25, 0.3) is 5.69 Å². The van der Waals surface area contributed by atoms with Gasteiger partial charge in [0.05, 0.1) is 35.5 Å². The smallest absolute Gasteiger partial charge is 0.407 e. The molecule has 2 unspecified atom stereocenters. The molecule has 2 N–H and O–H groups in total. The molecular weight excluding hydrogens is 520 g/mol. The van der Waals surface area contributed by atoms with Crippen LogP contribution in [0, 0.1) is 10.1 Å². The molecule has 1 aromatic carbocycles. The molecule has 1 saturated heterocycles. The highest BCUT2D eigenvalue weighted by Crippen LogP contribution is 2.38. The van der Waals surface area contributed by atoms with Gasteiger partial charge in [0.15, 0.2) is 11.5 Å². The summed E-state index contributed by atoms with van der Waals surface area (Å²) in [6.45, 7) is 5.76. The van der Waals surface area contributed by atoms with E-state index >= 15 is 0 Å². The van der Waals surface area contributed by atoms with Gasteiger partial charge in [-0.25, -0.2) is 4.79 Å².